The molecule has 0 unspecified atom stereocenters. The molecule has 2 rings (SSSR count). The second-order valence-electron chi connectivity index (χ2n) is 7.32. The van der Waals surface area contributed by atoms with Crippen LogP contribution in [0.4, 0.5) is 17.1 Å². The van der Waals surface area contributed by atoms with Crippen LogP contribution in [0.3, 0.4) is 0 Å². The molecule has 1 amide bonds. The zero-order chi connectivity index (χ0) is 20.2. The van der Waals surface area contributed by atoms with E-state index in [1.807, 2.05) is 24.3 Å². The van der Waals surface area contributed by atoms with Gasteiger partial charge in [-0.05, 0) is 36.1 Å². The Bertz CT molecular complexity index is 826. The van der Waals surface area contributed by atoms with E-state index in [2.05, 4.69) is 31.4 Å². The van der Waals surface area contributed by atoms with Gasteiger partial charge >= 0.3 is 0 Å². The maximum absolute atomic E-state index is 12.5. The molecule has 0 saturated heterocycles. The van der Waals surface area contributed by atoms with E-state index < -0.39 is 11.0 Å². The monoisotopic (exact) mass is 371 g/mol. The fraction of sp³-hybridized carbons (Fsp3) is 0.350. The molecule has 0 bridgehead atoms. The van der Waals surface area contributed by atoms with E-state index in [0.29, 0.717) is 5.69 Å². The predicted octanol–water partition coefficient (Wildman–Crippen LogP) is 4.34. The number of non-ortho nitro benzene ring substituents is 1. The van der Waals surface area contributed by atoms with E-state index in [1.54, 1.807) is 6.92 Å². The van der Waals surface area contributed by atoms with Gasteiger partial charge < -0.3 is 15.4 Å². The molecule has 1 atom stereocenters. The lowest BCUT2D eigenvalue weighted by Gasteiger charge is -2.20. The van der Waals surface area contributed by atoms with Gasteiger partial charge in [0.25, 0.3) is 5.69 Å². The van der Waals surface area contributed by atoms with Gasteiger partial charge in [0.15, 0.2) is 0 Å². The highest BCUT2D eigenvalue weighted by Gasteiger charge is 2.18. The number of anilines is 2. The first-order valence-electron chi connectivity index (χ1n) is 8.62. The highest BCUT2D eigenvalue weighted by Crippen LogP contribution is 2.29. The number of nitro benzene ring substituents is 1. The van der Waals surface area contributed by atoms with Crippen molar-refractivity contribution < 1.29 is 14.5 Å². The van der Waals surface area contributed by atoms with Gasteiger partial charge in [0, 0.05) is 11.8 Å². The zero-order valence-corrected chi connectivity index (χ0v) is 16.2. The minimum absolute atomic E-state index is 0.0635. The Labute approximate surface area is 158 Å². The Morgan fingerprint density at radius 3 is 2.30 bits per heavy atom. The number of amides is 1. The normalized spacial score (nSPS) is 12.2. The maximum Gasteiger partial charge on any atom is 0.273 e. The zero-order valence-electron chi connectivity index (χ0n) is 16.2. The van der Waals surface area contributed by atoms with Gasteiger partial charge in [-0.15, -0.1) is 0 Å². The third-order valence-corrected chi connectivity index (χ3v) is 4.18. The number of hydrogen-bond acceptors (Lipinski definition) is 5. The summed E-state index contributed by atoms with van der Waals surface area (Å²) < 4.78 is 5.14. The number of ether oxygens (including phenoxy) is 1. The van der Waals surface area contributed by atoms with Crippen LogP contribution in [0.2, 0.25) is 0 Å². The average Bonchev–Trinajstić information content (AvgIpc) is 2.61. The van der Waals surface area contributed by atoms with Crippen molar-refractivity contribution in [3.05, 3.63) is 58.1 Å². The number of hydrogen-bond donors (Lipinski definition) is 2. The van der Waals surface area contributed by atoms with Crippen molar-refractivity contribution in [2.75, 3.05) is 17.7 Å². The van der Waals surface area contributed by atoms with Crippen LogP contribution in [0.25, 0.3) is 0 Å². The lowest BCUT2D eigenvalue weighted by molar-refractivity contribution is -0.384. The fourth-order valence-corrected chi connectivity index (χ4v) is 2.52. The Morgan fingerprint density at radius 1 is 1.15 bits per heavy atom. The molecule has 2 aromatic rings. The van der Waals surface area contributed by atoms with Crippen LogP contribution < -0.4 is 15.4 Å². The predicted molar refractivity (Wildman–Crippen MR) is 107 cm³/mol. The highest BCUT2D eigenvalue weighted by molar-refractivity contribution is 5.97. The van der Waals surface area contributed by atoms with E-state index in [4.69, 9.17) is 4.74 Å². The molecule has 0 aliphatic rings. The van der Waals surface area contributed by atoms with Crippen LogP contribution in [-0.4, -0.2) is 24.0 Å². The largest absolute Gasteiger partial charge is 0.494 e. The molecule has 0 aliphatic carbocycles. The van der Waals surface area contributed by atoms with Crippen molar-refractivity contribution in [1.29, 1.82) is 0 Å². The second-order valence-corrected chi connectivity index (χ2v) is 7.32. The van der Waals surface area contributed by atoms with Gasteiger partial charge in [-0.1, -0.05) is 32.9 Å². The quantitative estimate of drug-likeness (QED) is 0.582. The van der Waals surface area contributed by atoms with Crippen LogP contribution in [0.1, 0.15) is 33.3 Å². The first kappa shape index (κ1) is 20.2. The molecular weight excluding hydrogens is 346 g/mol. The van der Waals surface area contributed by atoms with Crippen molar-refractivity contribution in [3.63, 3.8) is 0 Å². The van der Waals surface area contributed by atoms with Crippen molar-refractivity contribution in [2.45, 2.75) is 39.2 Å². The molecule has 7 heteroatoms. The number of carbonyl (C=O) groups excluding carboxylic acids is 1. The van der Waals surface area contributed by atoms with Crippen LogP contribution >= 0.6 is 0 Å². The minimum Gasteiger partial charge on any atom is -0.494 e. The van der Waals surface area contributed by atoms with Crippen molar-refractivity contribution in [3.8, 4) is 5.75 Å². The summed E-state index contributed by atoms with van der Waals surface area (Å²) in [6, 6.07) is 11.5. The summed E-state index contributed by atoms with van der Waals surface area (Å²) in [7, 11) is 1.40. The van der Waals surface area contributed by atoms with E-state index in [9.17, 15) is 14.9 Å². The molecule has 2 N–H and O–H groups in total. The molecule has 0 heterocycles. The standard InChI is InChI=1S/C20H25N3O4/c1-13(21-15-8-6-14(7-9-15)20(2,3)4)19(24)22-17-11-10-16(23(25)26)12-18(17)27-5/h6-13,21H,1-5H3,(H,22,24)/t13-/m1/s1. The van der Waals surface area contributed by atoms with E-state index >= 15 is 0 Å². The van der Waals surface area contributed by atoms with Crippen LogP contribution in [-0.2, 0) is 10.2 Å². The van der Waals surface area contributed by atoms with E-state index in [0.717, 1.165) is 5.69 Å². The molecule has 0 radical (unpaired) electrons. The first-order valence-corrected chi connectivity index (χ1v) is 8.62. The Hall–Kier alpha value is -3.09. The van der Waals surface area contributed by atoms with Gasteiger partial charge in [0.1, 0.15) is 11.8 Å². The Morgan fingerprint density at radius 2 is 1.78 bits per heavy atom. The molecule has 7 nitrogen and oxygen atoms in total. The fourth-order valence-electron chi connectivity index (χ4n) is 2.52. The summed E-state index contributed by atoms with van der Waals surface area (Å²) in [5.74, 6) is -0.0404. The molecular formula is C20H25N3O4. The van der Waals surface area contributed by atoms with Gasteiger partial charge in [-0.2, -0.15) is 0 Å². The topological polar surface area (TPSA) is 93.5 Å². The second kappa shape index (κ2) is 8.07. The summed E-state index contributed by atoms with van der Waals surface area (Å²) in [5, 5.41) is 16.7. The Balaban J connectivity index is 2.06. The van der Waals surface area contributed by atoms with Gasteiger partial charge in [-0.3, -0.25) is 14.9 Å². The van der Waals surface area contributed by atoms with Crippen LogP contribution in [0.5, 0.6) is 5.75 Å². The minimum atomic E-state index is -0.514. The Kier molecular flexibility index (Phi) is 6.05. The molecule has 0 aromatic heterocycles. The number of nitrogens with zero attached hydrogens (tertiary/aromatic N) is 1. The lowest BCUT2D eigenvalue weighted by Crippen LogP contribution is -2.32. The average molecular weight is 371 g/mol. The molecule has 0 spiro atoms. The number of methoxy groups -OCH3 is 1. The van der Waals surface area contributed by atoms with E-state index in [-0.39, 0.29) is 22.8 Å². The summed E-state index contributed by atoms with van der Waals surface area (Å²) in [5.41, 5.74) is 2.38. The smallest absolute Gasteiger partial charge is 0.273 e. The van der Waals surface area contributed by atoms with E-state index in [1.165, 1.54) is 30.9 Å². The molecule has 2 aromatic carbocycles. The summed E-state index contributed by atoms with van der Waals surface area (Å²) in [6.45, 7) is 8.17. The number of nitrogens with one attached hydrogen (secondary N) is 2. The number of carbonyl (C=O) groups is 1. The lowest BCUT2D eigenvalue weighted by atomic mass is 9.87. The number of benzene rings is 2. The van der Waals surface area contributed by atoms with Crippen molar-refractivity contribution >= 4 is 23.0 Å². The van der Waals surface area contributed by atoms with Gasteiger partial charge in [-0.25, -0.2) is 0 Å². The summed E-state index contributed by atoms with van der Waals surface area (Å²) in [6.07, 6.45) is 0. The summed E-state index contributed by atoms with van der Waals surface area (Å²) >= 11 is 0. The third kappa shape index (κ3) is 5.20. The molecule has 0 saturated carbocycles. The number of nitro groups is 1. The van der Waals surface area contributed by atoms with Gasteiger partial charge in [0.05, 0.1) is 23.8 Å². The van der Waals surface area contributed by atoms with Crippen molar-refractivity contribution in [1.82, 2.24) is 0 Å². The van der Waals surface area contributed by atoms with Crippen LogP contribution in [0, 0.1) is 10.1 Å². The third-order valence-electron chi connectivity index (χ3n) is 4.18. The first-order chi connectivity index (χ1) is 12.6. The molecule has 0 fully saturated rings. The molecule has 27 heavy (non-hydrogen) atoms. The van der Waals surface area contributed by atoms with Crippen molar-refractivity contribution in [2.24, 2.45) is 0 Å². The van der Waals surface area contributed by atoms with Gasteiger partial charge in [0.2, 0.25) is 5.91 Å². The summed E-state index contributed by atoms with van der Waals surface area (Å²) in [4.78, 5) is 22.8. The SMILES string of the molecule is COc1cc([N+](=O)[O-])ccc1NC(=O)[C@@H](C)Nc1ccc(C(C)(C)C)cc1. The molecule has 0 aliphatic heterocycles. The van der Waals surface area contributed by atoms with Crippen LogP contribution in [0.15, 0.2) is 42.5 Å². The number of rotatable bonds is 6. The highest BCUT2D eigenvalue weighted by atomic mass is 16.6. The molecule has 144 valence electrons. The maximum atomic E-state index is 12.5.